The molecular weight excluding hydrogens is 312 g/mol. The molecule has 2 unspecified atom stereocenters. The molecule has 2 rings (SSSR count). The van der Waals surface area contributed by atoms with Gasteiger partial charge in [0, 0.05) is 16.6 Å². The van der Waals surface area contributed by atoms with Crippen molar-refractivity contribution in [3.63, 3.8) is 0 Å². The molecule has 1 aliphatic rings. The lowest BCUT2D eigenvalue weighted by molar-refractivity contribution is 0.0948. The van der Waals surface area contributed by atoms with E-state index in [1.165, 1.54) is 12.1 Å². The molecule has 3 N–H and O–H groups in total. The Labute approximate surface area is 129 Å². The number of nitrogens with one attached hydrogen (secondary N) is 1. The molecule has 1 fully saturated rings. The molecule has 0 bridgehead atoms. The van der Waals surface area contributed by atoms with Crippen LogP contribution in [0.25, 0.3) is 0 Å². The van der Waals surface area contributed by atoms with Crippen LogP contribution in [0.1, 0.15) is 42.1 Å². The van der Waals surface area contributed by atoms with Crippen LogP contribution in [-0.4, -0.2) is 20.4 Å². The van der Waals surface area contributed by atoms with Crippen molar-refractivity contribution < 1.29 is 13.2 Å². The number of amides is 1. The number of nitrogens with two attached hydrogens (primary N) is 1. The van der Waals surface area contributed by atoms with E-state index in [1.807, 2.05) is 0 Å². The Morgan fingerprint density at radius 3 is 2.71 bits per heavy atom. The quantitative estimate of drug-likeness (QED) is 0.867. The van der Waals surface area contributed by atoms with Gasteiger partial charge in [-0.1, -0.05) is 24.9 Å². The highest BCUT2D eigenvalue weighted by atomic mass is 35.5. The van der Waals surface area contributed by atoms with Crippen molar-refractivity contribution in [2.45, 2.75) is 44.0 Å². The van der Waals surface area contributed by atoms with E-state index < -0.39 is 10.0 Å². The molecule has 7 heteroatoms. The van der Waals surface area contributed by atoms with E-state index in [-0.39, 0.29) is 27.4 Å². The Kier molecular flexibility index (Phi) is 4.60. The molecular formula is C14H19ClN2O3S. The van der Waals surface area contributed by atoms with Gasteiger partial charge >= 0.3 is 0 Å². The van der Waals surface area contributed by atoms with Crippen LogP contribution < -0.4 is 10.5 Å². The molecule has 0 heterocycles. The summed E-state index contributed by atoms with van der Waals surface area (Å²) in [6.07, 6.45) is 3.14. The van der Waals surface area contributed by atoms with E-state index in [2.05, 4.69) is 12.2 Å². The number of primary sulfonamides is 1. The average Bonchev–Trinajstić information content (AvgIpc) is 3.09. The van der Waals surface area contributed by atoms with Gasteiger partial charge in [0.2, 0.25) is 10.0 Å². The Hall–Kier alpha value is -1.11. The fourth-order valence-electron chi connectivity index (χ4n) is 2.41. The van der Waals surface area contributed by atoms with Gasteiger partial charge in [0.25, 0.3) is 5.91 Å². The second kappa shape index (κ2) is 5.94. The van der Waals surface area contributed by atoms with Gasteiger partial charge in [0.15, 0.2) is 0 Å². The second-order valence-corrected chi connectivity index (χ2v) is 7.46. The van der Waals surface area contributed by atoms with Crippen molar-refractivity contribution in [2.75, 3.05) is 0 Å². The molecule has 1 aromatic carbocycles. The molecule has 0 radical (unpaired) electrons. The Balaban J connectivity index is 2.23. The number of hydrogen-bond donors (Lipinski definition) is 2. The van der Waals surface area contributed by atoms with Crippen molar-refractivity contribution in [3.05, 3.63) is 28.3 Å². The maximum atomic E-state index is 12.3. The van der Waals surface area contributed by atoms with Crippen molar-refractivity contribution in [1.82, 2.24) is 5.32 Å². The lowest BCUT2D eigenvalue weighted by Gasteiger charge is -2.11. The third-order valence-corrected chi connectivity index (χ3v) is 5.07. The summed E-state index contributed by atoms with van der Waals surface area (Å²) in [5.74, 6) is 0.222. The molecule has 1 amide bonds. The third-order valence-electron chi connectivity index (χ3n) is 3.79. The highest BCUT2D eigenvalue weighted by Crippen LogP contribution is 2.35. The number of halogens is 1. The molecule has 0 aromatic heterocycles. The van der Waals surface area contributed by atoms with Crippen LogP contribution in [0.15, 0.2) is 17.0 Å². The standard InChI is InChI=1S/C14H19ClN2O3S/c1-3-4-9-5-13(9)17-14(18)11-6-10(21(16,19)20)7-12(15)8(11)2/h6-7,9,13H,3-5H2,1-2H3,(H,17,18)(H2,16,19,20). The van der Waals surface area contributed by atoms with Gasteiger partial charge in [0.05, 0.1) is 4.90 Å². The van der Waals surface area contributed by atoms with Crippen molar-refractivity contribution in [2.24, 2.45) is 11.1 Å². The predicted molar refractivity (Wildman–Crippen MR) is 81.8 cm³/mol. The topological polar surface area (TPSA) is 89.3 Å². The summed E-state index contributed by atoms with van der Waals surface area (Å²) >= 11 is 6.00. The van der Waals surface area contributed by atoms with Crippen LogP contribution in [0, 0.1) is 12.8 Å². The molecule has 1 aliphatic carbocycles. The summed E-state index contributed by atoms with van der Waals surface area (Å²) in [7, 11) is -3.89. The van der Waals surface area contributed by atoms with E-state index in [9.17, 15) is 13.2 Å². The fraction of sp³-hybridized carbons (Fsp3) is 0.500. The largest absolute Gasteiger partial charge is 0.349 e. The zero-order valence-electron chi connectivity index (χ0n) is 12.0. The first-order chi connectivity index (χ1) is 9.74. The van der Waals surface area contributed by atoms with Crippen LogP contribution in [0.5, 0.6) is 0 Å². The Morgan fingerprint density at radius 1 is 1.48 bits per heavy atom. The zero-order chi connectivity index (χ0) is 15.8. The van der Waals surface area contributed by atoms with Crippen LogP contribution in [0.2, 0.25) is 5.02 Å². The van der Waals surface area contributed by atoms with E-state index in [0.717, 1.165) is 19.3 Å². The van der Waals surface area contributed by atoms with Crippen LogP contribution in [0.4, 0.5) is 0 Å². The number of carbonyl (C=O) groups is 1. The predicted octanol–water partition coefficient (Wildman–Crippen LogP) is 2.21. The van der Waals surface area contributed by atoms with Gasteiger partial charge in [-0.15, -0.1) is 0 Å². The fourth-order valence-corrected chi connectivity index (χ4v) is 3.26. The third kappa shape index (κ3) is 3.75. The normalized spacial score (nSPS) is 21.1. The minimum absolute atomic E-state index is 0.149. The average molecular weight is 331 g/mol. The van der Waals surface area contributed by atoms with Gasteiger partial charge in [-0.2, -0.15) is 0 Å². The van der Waals surface area contributed by atoms with Crippen molar-refractivity contribution in [1.29, 1.82) is 0 Å². The van der Waals surface area contributed by atoms with Gasteiger partial charge < -0.3 is 5.32 Å². The maximum Gasteiger partial charge on any atom is 0.251 e. The number of benzene rings is 1. The number of hydrogen-bond acceptors (Lipinski definition) is 3. The molecule has 21 heavy (non-hydrogen) atoms. The molecule has 0 saturated heterocycles. The van der Waals surface area contributed by atoms with E-state index >= 15 is 0 Å². The monoisotopic (exact) mass is 330 g/mol. The highest BCUT2D eigenvalue weighted by Gasteiger charge is 2.37. The summed E-state index contributed by atoms with van der Waals surface area (Å²) in [5, 5.41) is 8.24. The summed E-state index contributed by atoms with van der Waals surface area (Å²) in [5.41, 5.74) is 0.808. The molecule has 1 saturated carbocycles. The van der Waals surface area contributed by atoms with E-state index in [1.54, 1.807) is 6.92 Å². The number of sulfonamides is 1. The van der Waals surface area contributed by atoms with Gasteiger partial charge in [-0.25, -0.2) is 13.6 Å². The first kappa shape index (κ1) is 16.3. The molecule has 0 spiro atoms. The summed E-state index contributed by atoms with van der Waals surface area (Å²) in [6, 6.07) is 2.72. The van der Waals surface area contributed by atoms with Crippen molar-refractivity contribution >= 4 is 27.5 Å². The van der Waals surface area contributed by atoms with Crippen molar-refractivity contribution in [3.8, 4) is 0 Å². The van der Waals surface area contributed by atoms with E-state index in [4.69, 9.17) is 16.7 Å². The number of rotatable bonds is 5. The maximum absolute atomic E-state index is 12.3. The second-order valence-electron chi connectivity index (χ2n) is 5.49. The molecule has 1 aromatic rings. The lowest BCUT2D eigenvalue weighted by atomic mass is 10.1. The van der Waals surface area contributed by atoms with Gasteiger partial charge in [-0.3, -0.25) is 4.79 Å². The minimum Gasteiger partial charge on any atom is -0.349 e. The zero-order valence-corrected chi connectivity index (χ0v) is 13.6. The molecule has 2 atom stereocenters. The first-order valence-electron chi connectivity index (χ1n) is 6.87. The van der Waals surface area contributed by atoms with Crippen LogP contribution in [-0.2, 0) is 10.0 Å². The SMILES string of the molecule is CCCC1CC1NC(=O)c1cc(S(N)(=O)=O)cc(Cl)c1C. The van der Waals surface area contributed by atoms with Gasteiger partial charge in [-0.05, 0) is 43.4 Å². The Bertz CT molecular complexity index is 673. The minimum atomic E-state index is -3.89. The first-order valence-corrected chi connectivity index (χ1v) is 8.80. The summed E-state index contributed by atoms with van der Waals surface area (Å²) in [6.45, 7) is 3.79. The molecule has 5 nitrogen and oxygen atoms in total. The molecule has 116 valence electrons. The molecule has 0 aliphatic heterocycles. The van der Waals surface area contributed by atoms with E-state index in [0.29, 0.717) is 11.5 Å². The summed E-state index contributed by atoms with van der Waals surface area (Å²) in [4.78, 5) is 12.1. The Morgan fingerprint density at radius 2 is 2.14 bits per heavy atom. The van der Waals surface area contributed by atoms with Crippen LogP contribution >= 0.6 is 11.6 Å². The summed E-state index contributed by atoms with van der Waals surface area (Å²) < 4.78 is 22.9. The van der Waals surface area contributed by atoms with Gasteiger partial charge in [0.1, 0.15) is 0 Å². The van der Waals surface area contributed by atoms with Crippen LogP contribution in [0.3, 0.4) is 0 Å². The number of carbonyl (C=O) groups excluding carboxylic acids is 1. The highest BCUT2D eigenvalue weighted by molar-refractivity contribution is 7.89. The smallest absolute Gasteiger partial charge is 0.251 e. The lowest BCUT2D eigenvalue weighted by Crippen LogP contribution is -2.28.